The topological polar surface area (TPSA) is 95.9 Å². The van der Waals surface area contributed by atoms with Crippen LogP contribution in [0.2, 0.25) is 97.7 Å². The molecule has 0 saturated carbocycles. The van der Waals surface area contributed by atoms with E-state index in [2.05, 4.69) is 104 Å². The first-order chi connectivity index (χ1) is 20.6. The van der Waals surface area contributed by atoms with Crippen molar-refractivity contribution in [2.45, 2.75) is 110 Å². The van der Waals surface area contributed by atoms with Crippen molar-refractivity contribution in [1.29, 1.82) is 0 Å². The molecule has 17 heteroatoms. The number of hydrogen-bond acceptors (Lipinski definition) is 9. The first-order valence-corrected chi connectivity index (χ1v) is 35.6. The van der Waals surface area contributed by atoms with Crippen LogP contribution in [0.3, 0.4) is 0 Å². The van der Waals surface area contributed by atoms with Crippen molar-refractivity contribution < 1.29 is 52.7 Å². The summed E-state index contributed by atoms with van der Waals surface area (Å²) in [5.41, 5.74) is 2.03. The molecule has 0 spiro atoms. The Morgan fingerprint density at radius 3 is 1.72 bits per heavy atom. The summed E-state index contributed by atoms with van der Waals surface area (Å²) in [6, 6.07) is 0.903. The van der Waals surface area contributed by atoms with Crippen molar-refractivity contribution in [2.24, 2.45) is 0 Å². The van der Waals surface area contributed by atoms with Crippen LogP contribution < -0.4 is 12.4 Å². The van der Waals surface area contributed by atoms with Crippen LogP contribution in [0.5, 0.6) is 0 Å². The second-order valence-corrected chi connectivity index (χ2v) is 42.7. The van der Waals surface area contributed by atoms with Gasteiger partial charge in [-0.05, 0) is 110 Å². The number of carbonyl (C=O) groups is 1. The molecule has 0 bridgehead atoms. The van der Waals surface area contributed by atoms with Gasteiger partial charge in [0, 0.05) is 26.2 Å². The Morgan fingerprint density at radius 2 is 1.28 bits per heavy atom. The number of likely N-dealkylation sites (N-methyl/N-ethyl adjacent to an activating group) is 1. The molecule has 1 aliphatic heterocycles. The second kappa shape index (κ2) is 19.4. The Balaban J connectivity index is 0.0000212. The Hall–Kier alpha value is 0.481. The van der Waals surface area contributed by atoms with Crippen LogP contribution in [0.15, 0.2) is 11.8 Å². The predicted molar refractivity (Wildman–Crippen MR) is 205 cm³/mol. The van der Waals surface area contributed by atoms with E-state index < -0.39 is 56.5 Å². The lowest BCUT2D eigenvalue weighted by Gasteiger charge is -2.41. The van der Waals surface area contributed by atoms with Crippen molar-refractivity contribution in [2.75, 3.05) is 66.1 Å². The van der Waals surface area contributed by atoms with E-state index in [-0.39, 0.29) is 25.0 Å². The molecule has 0 aromatic rings. The predicted octanol–water partition coefficient (Wildman–Crippen LogP) is 2.71. The molecule has 1 saturated heterocycles. The third-order valence-corrected chi connectivity index (χ3v) is 25.5. The number of carbonyl (C=O) groups excluding carboxylic acids is 1. The highest BCUT2D eigenvalue weighted by molar-refractivity contribution is 6.90. The molecular formula is C30H71ClN2O8Si6. The van der Waals surface area contributed by atoms with Crippen LogP contribution in [0, 0.1) is 0 Å². The summed E-state index contributed by atoms with van der Waals surface area (Å²) in [6.07, 6.45) is 2.22. The largest absolute Gasteiger partial charge is 1.00 e. The summed E-state index contributed by atoms with van der Waals surface area (Å²) >= 11 is 0. The lowest BCUT2D eigenvalue weighted by Crippen LogP contribution is -3.00. The van der Waals surface area contributed by atoms with E-state index in [9.17, 15) is 9.90 Å². The number of aliphatic hydroxyl groups excluding tert-OH is 1. The van der Waals surface area contributed by atoms with Gasteiger partial charge in [-0.25, -0.2) is 4.79 Å². The summed E-state index contributed by atoms with van der Waals surface area (Å²) in [4.78, 5) is 15.0. The van der Waals surface area contributed by atoms with Gasteiger partial charge in [0.15, 0.2) is 39.8 Å². The maximum absolute atomic E-state index is 12.7. The molecule has 280 valence electrons. The van der Waals surface area contributed by atoms with E-state index in [1.807, 2.05) is 11.8 Å². The molecule has 1 heterocycles. The monoisotopic (exact) mass is 790 g/mol. The summed E-state index contributed by atoms with van der Waals surface area (Å²) in [6.45, 7) is 36.0. The van der Waals surface area contributed by atoms with Gasteiger partial charge in [0.05, 0.1) is 32.8 Å². The molecule has 1 rings (SSSR count). The fourth-order valence-electron chi connectivity index (χ4n) is 5.88. The van der Waals surface area contributed by atoms with Gasteiger partial charge in [-0.15, -0.1) is 0 Å². The number of nitrogens with zero attached hydrogens (tertiary/aromatic N) is 2. The van der Waals surface area contributed by atoms with Crippen LogP contribution in [0.1, 0.15) is 6.42 Å². The minimum Gasteiger partial charge on any atom is -1.00 e. The third-order valence-electron chi connectivity index (χ3n) is 6.94. The second-order valence-electron chi connectivity index (χ2n) is 17.5. The number of hydrogen-bond donors (Lipinski definition) is 1. The molecule has 47 heavy (non-hydrogen) atoms. The summed E-state index contributed by atoms with van der Waals surface area (Å²) in [5.74, 6) is -0.195. The highest BCUT2D eigenvalue weighted by Gasteiger charge is 2.40. The van der Waals surface area contributed by atoms with Gasteiger partial charge in [0.25, 0.3) is 0 Å². The Kier molecular flexibility index (Phi) is 19.6. The van der Waals surface area contributed by atoms with Crippen LogP contribution in [0.25, 0.3) is 0 Å². The van der Waals surface area contributed by atoms with Gasteiger partial charge in [0.2, 0.25) is 0 Å². The molecule has 0 aromatic heterocycles. The fraction of sp³-hybridized carbons (Fsp3) is 0.900. The maximum Gasteiger partial charge on any atom is 0.362 e. The third kappa shape index (κ3) is 23.6. The fourth-order valence-corrected chi connectivity index (χ4v) is 29.7. The van der Waals surface area contributed by atoms with Crippen molar-refractivity contribution in [1.82, 2.24) is 4.90 Å². The van der Waals surface area contributed by atoms with Gasteiger partial charge >= 0.3 is 23.1 Å². The van der Waals surface area contributed by atoms with Gasteiger partial charge in [-0.1, -0.05) is 6.08 Å². The van der Waals surface area contributed by atoms with Crippen molar-refractivity contribution in [3.8, 4) is 0 Å². The number of ether oxygens (including phenoxy) is 2. The average Bonchev–Trinajstić information content (AvgIpc) is 2.78. The number of halogens is 1. The molecule has 1 fully saturated rings. The number of rotatable bonds is 21. The number of esters is 1. The normalized spacial score (nSPS) is 17.9. The van der Waals surface area contributed by atoms with Crippen molar-refractivity contribution >= 4 is 56.4 Å². The molecule has 1 unspecified atom stereocenters. The molecule has 10 nitrogen and oxygen atoms in total. The average molecular weight is 792 g/mol. The van der Waals surface area contributed by atoms with Gasteiger partial charge in [-0.2, -0.15) is 0 Å². The van der Waals surface area contributed by atoms with E-state index in [4.69, 9.17) is 25.9 Å². The van der Waals surface area contributed by atoms with Gasteiger partial charge < -0.3 is 47.9 Å². The number of piperazine rings is 1. The SMILES string of the molecule is C[N+]1(CC(=O)OC/C=C\[Si](C)(O[Si](C)(C)C)O[Si](C)(C)C)CCN(CC(O)COCCC[Si](C)(O[Si](C)(C)C)O[Si](C)(C)C)CC1.[Cl-]. The van der Waals surface area contributed by atoms with E-state index in [1.165, 1.54) is 0 Å². The highest BCUT2D eigenvalue weighted by Crippen LogP contribution is 2.26. The summed E-state index contributed by atoms with van der Waals surface area (Å²) in [5, 5.41) is 10.7. The maximum atomic E-state index is 12.7. The van der Waals surface area contributed by atoms with E-state index in [0.29, 0.717) is 30.8 Å². The molecular weight excluding hydrogens is 720 g/mol. The van der Waals surface area contributed by atoms with Gasteiger partial charge in [-0.3, -0.25) is 4.90 Å². The molecule has 1 N–H and O–H groups in total. The lowest BCUT2D eigenvalue weighted by atomic mass is 10.2. The lowest BCUT2D eigenvalue weighted by molar-refractivity contribution is -0.906. The number of β-amino-alcohol motifs (C(OH)–C–C–N with tert-alkyl or cyclic N) is 1. The standard InChI is InChI=1S/C30H71N2O8Si6.ClH/c1-32(27-30(34)36-23-17-25-46(15,39-43(8,9)10)40-44(11,12)13)20-18-31(19-21-32)26-29(33)28-35-22-16-24-45(14,37-41(2,3)4)38-42(5,6)7;/h17,25,29,33H,16,18-24,26-28H2,1-15H3;1H/q+1;/p-1/b25-17-;. The Labute approximate surface area is 300 Å². The van der Waals surface area contributed by atoms with E-state index in [1.54, 1.807) is 0 Å². The zero-order valence-electron chi connectivity index (χ0n) is 32.6. The molecule has 0 radical (unpaired) electrons. The molecule has 1 atom stereocenters. The van der Waals surface area contributed by atoms with E-state index in [0.717, 1.165) is 38.6 Å². The van der Waals surface area contributed by atoms with Crippen molar-refractivity contribution in [3.63, 3.8) is 0 Å². The summed E-state index contributed by atoms with van der Waals surface area (Å²) < 4.78 is 38.2. The van der Waals surface area contributed by atoms with Gasteiger partial charge in [0.1, 0.15) is 6.61 Å². The quantitative estimate of drug-likeness (QED) is 0.0816. The first-order valence-electron chi connectivity index (χ1n) is 17.1. The Bertz CT molecular complexity index is 930. The number of aliphatic hydroxyl groups is 1. The molecule has 0 aromatic carbocycles. The number of quaternary nitrogens is 1. The smallest absolute Gasteiger partial charge is 0.362 e. The Morgan fingerprint density at radius 1 is 0.809 bits per heavy atom. The minimum atomic E-state index is -2.50. The summed E-state index contributed by atoms with van der Waals surface area (Å²) in [7, 11) is -9.67. The van der Waals surface area contributed by atoms with Crippen LogP contribution >= 0.6 is 0 Å². The van der Waals surface area contributed by atoms with Crippen LogP contribution in [-0.2, 0) is 30.7 Å². The van der Waals surface area contributed by atoms with Crippen LogP contribution in [0.4, 0.5) is 0 Å². The zero-order chi connectivity index (χ0) is 35.7. The minimum absolute atomic E-state index is 0. The molecule has 1 aliphatic rings. The van der Waals surface area contributed by atoms with E-state index >= 15 is 0 Å². The van der Waals surface area contributed by atoms with Crippen LogP contribution in [-0.4, -0.2) is 143 Å². The zero-order valence-corrected chi connectivity index (χ0v) is 39.3. The first kappa shape index (κ1) is 47.5. The highest BCUT2D eigenvalue weighted by atomic mass is 35.5. The van der Waals surface area contributed by atoms with Crippen molar-refractivity contribution in [3.05, 3.63) is 11.8 Å². The molecule has 0 aliphatic carbocycles. The molecule has 0 amide bonds.